The van der Waals surface area contributed by atoms with Crippen molar-refractivity contribution in [2.45, 2.75) is 26.3 Å². The van der Waals surface area contributed by atoms with E-state index in [2.05, 4.69) is 11.6 Å². The van der Waals surface area contributed by atoms with Gasteiger partial charge >= 0.3 is 5.97 Å². The number of ether oxygens (including phenoxy) is 2. The molecule has 4 rings (SSSR count). The Morgan fingerprint density at radius 1 is 1.15 bits per heavy atom. The van der Waals surface area contributed by atoms with E-state index < -0.39 is 29.5 Å². The Morgan fingerprint density at radius 3 is 2.54 bits per heavy atom. The Hall–Kier alpha value is -4.50. The number of aryl methyl sites for hydroxylation is 1. The molecule has 8 nitrogen and oxygen atoms in total. The smallest absolute Gasteiger partial charge is 0.350 e. The lowest BCUT2D eigenvalue weighted by Crippen LogP contribution is -2.30. The van der Waals surface area contributed by atoms with Gasteiger partial charge in [-0.2, -0.15) is 0 Å². The van der Waals surface area contributed by atoms with E-state index in [1.54, 1.807) is 37.3 Å². The zero-order chi connectivity index (χ0) is 27.9. The van der Waals surface area contributed by atoms with Crippen LogP contribution in [0.15, 0.2) is 84.7 Å². The molecule has 0 fully saturated rings. The van der Waals surface area contributed by atoms with E-state index >= 15 is 0 Å². The summed E-state index contributed by atoms with van der Waals surface area (Å²) in [6.07, 6.45) is 5.24. The molecule has 0 radical (unpaired) electrons. The van der Waals surface area contributed by atoms with Gasteiger partial charge in [0.1, 0.15) is 17.2 Å². The van der Waals surface area contributed by atoms with E-state index in [0.717, 1.165) is 23.3 Å². The molecule has 0 aliphatic carbocycles. The number of hydrogen-bond acceptors (Lipinski definition) is 8. The second-order valence-electron chi connectivity index (χ2n) is 8.66. The SMILES string of the molecule is C=CCOC(=O)c1sc(N2C(=O)C(O)=C(C(=O)/C=C/c3ccccc3)C2c2ccc(OCCC)cc2)nc1C. The lowest BCUT2D eigenvalue weighted by atomic mass is 9.95. The molecule has 0 bridgehead atoms. The first-order valence-corrected chi connectivity index (χ1v) is 13.2. The molecule has 2 heterocycles. The quantitative estimate of drug-likeness (QED) is 0.186. The van der Waals surface area contributed by atoms with Crippen LogP contribution < -0.4 is 9.64 Å². The topological polar surface area (TPSA) is 106 Å². The third-order valence-corrected chi connectivity index (χ3v) is 7.01. The van der Waals surface area contributed by atoms with Gasteiger partial charge in [0.15, 0.2) is 16.7 Å². The predicted molar refractivity (Wildman–Crippen MR) is 150 cm³/mol. The second-order valence-corrected chi connectivity index (χ2v) is 9.64. The van der Waals surface area contributed by atoms with Crippen molar-refractivity contribution >= 4 is 40.2 Å². The van der Waals surface area contributed by atoms with Crippen LogP contribution in [0.2, 0.25) is 0 Å². The number of carbonyl (C=O) groups excluding carboxylic acids is 3. The van der Waals surface area contributed by atoms with Gasteiger partial charge in [-0.1, -0.05) is 79.5 Å². The number of anilines is 1. The lowest BCUT2D eigenvalue weighted by molar-refractivity contribution is -0.117. The number of benzene rings is 2. The number of aliphatic hydroxyl groups excluding tert-OH is 1. The zero-order valence-electron chi connectivity index (χ0n) is 21.6. The fourth-order valence-electron chi connectivity index (χ4n) is 4.04. The number of amides is 1. The minimum atomic E-state index is -0.978. The summed E-state index contributed by atoms with van der Waals surface area (Å²) in [4.78, 5) is 45.2. The maximum absolute atomic E-state index is 13.4. The first-order valence-electron chi connectivity index (χ1n) is 12.4. The minimum absolute atomic E-state index is 0.0258. The number of aromatic nitrogens is 1. The van der Waals surface area contributed by atoms with Crippen molar-refractivity contribution in [1.82, 2.24) is 4.98 Å². The van der Waals surface area contributed by atoms with Gasteiger partial charge in [0, 0.05) is 0 Å². The number of hydrogen-bond donors (Lipinski definition) is 1. The first-order chi connectivity index (χ1) is 18.8. The van der Waals surface area contributed by atoms with Crippen molar-refractivity contribution in [3.63, 3.8) is 0 Å². The number of carbonyl (C=O) groups is 3. The Morgan fingerprint density at radius 2 is 1.87 bits per heavy atom. The fourth-order valence-corrected chi connectivity index (χ4v) is 5.02. The molecule has 2 aromatic carbocycles. The van der Waals surface area contributed by atoms with Gasteiger partial charge in [-0.3, -0.25) is 14.5 Å². The lowest BCUT2D eigenvalue weighted by Gasteiger charge is -2.24. The Labute approximate surface area is 230 Å². The Balaban J connectivity index is 1.75. The van der Waals surface area contributed by atoms with E-state index in [4.69, 9.17) is 9.47 Å². The summed E-state index contributed by atoms with van der Waals surface area (Å²) in [7, 11) is 0. The van der Waals surface area contributed by atoms with Crippen molar-refractivity contribution in [1.29, 1.82) is 0 Å². The van der Waals surface area contributed by atoms with Gasteiger partial charge in [-0.15, -0.1) is 0 Å². The molecule has 1 amide bonds. The number of thiazole rings is 1. The molecule has 200 valence electrons. The van der Waals surface area contributed by atoms with Crippen molar-refractivity contribution < 1.29 is 29.0 Å². The highest BCUT2D eigenvalue weighted by Gasteiger charge is 2.45. The molecule has 0 saturated heterocycles. The van der Waals surface area contributed by atoms with Crippen LogP contribution in [0, 0.1) is 6.92 Å². The molecule has 9 heteroatoms. The molecule has 0 spiro atoms. The normalized spacial score (nSPS) is 15.2. The van der Waals surface area contributed by atoms with Crippen LogP contribution in [0.25, 0.3) is 6.08 Å². The van der Waals surface area contributed by atoms with Gasteiger partial charge in [0.25, 0.3) is 5.91 Å². The second kappa shape index (κ2) is 12.4. The molecular formula is C30H28N2O6S. The predicted octanol–water partition coefficient (Wildman–Crippen LogP) is 5.77. The maximum atomic E-state index is 13.4. The van der Waals surface area contributed by atoms with E-state index in [0.29, 0.717) is 23.6 Å². The first kappa shape index (κ1) is 27.5. The third-order valence-electron chi connectivity index (χ3n) is 5.88. The summed E-state index contributed by atoms with van der Waals surface area (Å²) in [6.45, 7) is 7.74. The minimum Gasteiger partial charge on any atom is -0.503 e. The molecule has 1 aliphatic rings. The van der Waals surface area contributed by atoms with Gasteiger partial charge in [-0.25, -0.2) is 9.78 Å². The standard InChI is InChI=1S/C30H28N2O6S/c1-4-17-37-22-14-12-21(13-15-22)25-24(23(33)16-11-20-9-7-6-8-10-20)26(34)28(35)32(25)30-31-19(3)27(39-30)29(36)38-18-5-2/h5-16,25,34H,2,4,17-18H2,1,3H3/b16-11+. The molecular weight excluding hydrogens is 516 g/mol. The molecule has 1 aromatic heterocycles. The van der Waals surface area contributed by atoms with Gasteiger partial charge in [0.05, 0.1) is 23.9 Å². The Kier molecular flexibility index (Phi) is 8.73. The third kappa shape index (κ3) is 5.99. The summed E-state index contributed by atoms with van der Waals surface area (Å²) in [6, 6.07) is 15.2. The highest BCUT2D eigenvalue weighted by atomic mass is 32.1. The summed E-state index contributed by atoms with van der Waals surface area (Å²) in [5.74, 6) is -1.95. The van der Waals surface area contributed by atoms with Crippen LogP contribution in [-0.2, 0) is 14.3 Å². The van der Waals surface area contributed by atoms with Crippen molar-refractivity contribution in [3.8, 4) is 5.75 Å². The number of aliphatic hydroxyl groups is 1. The maximum Gasteiger partial charge on any atom is 0.350 e. The number of rotatable bonds is 11. The van der Waals surface area contributed by atoms with E-state index in [1.165, 1.54) is 17.1 Å². The molecule has 39 heavy (non-hydrogen) atoms. The molecule has 1 N–H and O–H groups in total. The van der Waals surface area contributed by atoms with Crippen LogP contribution in [0.1, 0.15) is 45.9 Å². The highest BCUT2D eigenvalue weighted by molar-refractivity contribution is 7.17. The monoisotopic (exact) mass is 544 g/mol. The van der Waals surface area contributed by atoms with Gasteiger partial charge in [0.2, 0.25) is 0 Å². The summed E-state index contributed by atoms with van der Waals surface area (Å²) in [5, 5.41) is 11.1. The average Bonchev–Trinajstić information content (AvgIpc) is 3.46. The molecule has 1 aliphatic heterocycles. The van der Waals surface area contributed by atoms with Crippen LogP contribution >= 0.6 is 11.3 Å². The fraction of sp³-hybridized carbons (Fsp3) is 0.200. The molecule has 0 saturated carbocycles. The molecule has 1 atom stereocenters. The number of allylic oxidation sites excluding steroid dienone is 1. The van der Waals surface area contributed by atoms with Crippen LogP contribution in [-0.4, -0.2) is 41.0 Å². The van der Waals surface area contributed by atoms with E-state index in [-0.39, 0.29) is 22.2 Å². The number of esters is 1. The Bertz CT molecular complexity index is 1440. The number of ketones is 1. The van der Waals surface area contributed by atoms with E-state index in [1.807, 2.05) is 37.3 Å². The van der Waals surface area contributed by atoms with Crippen molar-refractivity contribution in [2.24, 2.45) is 0 Å². The van der Waals surface area contributed by atoms with Crippen molar-refractivity contribution in [3.05, 3.63) is 106 Å². The number of nitrogens with zero attached hydrogens (tertiary/aromatic N) is 2. The van der Waals surface area contributed by atoms with Crippen molar-refractivity contribution in [2.75, 3.05) is 18.1 Å². The summed E-state index contributed by atoms with van der Waals surface area (Å²) in [5.41, 5.74) is 1.64. The molecule has 1 unspecified atom stereocenters. The van der Waals surface area contributed by atoms with Crippen LogP contribution in [0.5, 0.6) is 5.75 Å². The summed E-state index contributed by atoms with van der Waals surface area (Å²) < 4.78 is 10.8. The van der Waals surface area contributed by atoms with Crippen LogP contribution in [0.4, 0.5) is 5.13 Å². The molecule has 3 aromatic rings. The average molecular weight is 545 g/mol. The van der Waals surface area contributed by atoms with Gasteiger partial charge < -0.3 is 14.6 Å². The van der Waals surface area contributed by atoms with Gasteiger partial charge in [-0.05, 0) is 42.7 Å². The zero-order valence-corrected chi connectivity index (χ0v) is 22.4. The summed E-state index contributed by atoms with van der Waals surface area (Å²) >= 11 is 0.951. The van der Waals surface area contributed by atoms with E-state index in [9.17, 15) is 19.5 Å². The highest BCUT2D eigenvalue weighted by Crippen LogP contribution is 2.43. The van der Waals surface area contributed by atoms with Crippen LogP contribution in [0.3, 0.4) is 0 Å². The largest absolute Gasteiger partial charge is 0.503 e.